The Morgan fingerprint density at radius 2 is 2.14 bits per heavy atom. The molecule has 0 saturated heterocycles. The van der Waals surface area contributed by atoms with Gasteiger partial charge in [0.05, 0.1) is 5.52 Å². The number of carbonyl (C=O) groups is 1. The SMILES string of the molecule is O=C(N=Nc1c(O)[nH]c2ccccc12)c1n[nH]c2c1CCC2. The van der Waals surface area contributed by atoms with Gasteiger partial charge in [-0.15, -0.1) is 10.2 Å². The van der Waals surface area contributed by atoms with Gasteiger partial charge in [-0.05, 0) is 25.3 Å². The van der Waals surface area contributed by atoms with Gasteiger partial charge in [0, 0.05) is 16.6 Å². The third-order valence-corrected chi connectivity index (χ3v) is 3.91. The Balaban J connectivity index is 1.68. The maximum atomic E-state index is 12.2. The second-order valence-electron chi connectivity index (χ2n) is 5.26. The molecule has 7 nitrogen and oxygen atoms in total. The number of aromatic nitrogens is 3. The second-order valence-corrected chi connectivity index (χ2v) is 5.26. The van der Waals surface area contributed by atoms with Crippen molar-refractivity contribution in [2.75, 3.05) is 0 Å². The lowest BCUT2D eigenvalue weighted by Crippen LogP contribution is -1.98. The number of hydrogen-bond acceptors (Lipinski definition) is 4. The van der Waals surface area contributed by atoms with Crippen LogP contribution >= 0.6 is 0 Å². The van der Waals surface area contributed by atoms with Crippen molar-refractivity contribution in [3.63, 3.8) is 0 Å². The van der Waals surface area contributed by atoms with Gasteiger partial charge >= 0.3 is 5.91 Å². The highest BCUT2D eigenvalue weighted by molar-refractivity contribution is 5.96. The van der Waals surface area contributed by atoms with Gasteiger partial charge in [-0.1, -0.05) is 18.2 Å². The molecule has 3 aromatic rings. The van der Waals surface area contributed by atoms with Gasteiger partial charge in [0.2, 0.25) is 5.88 Å². The number of nitrogens with one attached hydrogen (secondary N) is 2. The first kappa shape index (κ1) is 12.8. The van der Waals surface area contributed by atoms with Crippen LogP contribution in [0.3, 0.4) is 0 Å². The Labute approximate surface area is 125 Å². The Morgan fingerprint density at radius 1 is 1.27 bits per heavy atom. The van der Waals surface area contributed by atoms with E-state index in [1.54, 1.807) is 6.07 Å². The molecule has 7 heteroatoms. The fourth-order valence-corrected chi connectivity index (χ4v) is 2.85. The number of aromatic hydroxyl groups is 1. The number of nitrogens with zero attached hydrogens (tertiary/aromatic N) is 3. The highest BCUT2D eigenvalue weighted by Gasteiger charge is 2.23. The number of H-pyrrole nitrogens is 2. The van der Waals surface area contributed by atoms with Crippen LogP contribution in [-0.4, -0.2) is 26.2 Å². The molecular formula is C15H13N5O2. The van der Waals surface area contributed by atoms with E-state index in [2.05, 4.69) is 25.4 Å². The van der Waals surface area contributed by atoms with E-state index in [1.165, 1.54) is 0 Å². The van der Waals surface area contributed by atoms with Crippen LogP contribution in [0.2, 0.25) is 0 Å². The van der Waals surface area contributed by atoms with E-state index >= 15 is 0 Å². The highest BCUT2D eigenvalue weighted by atomic mass is 16.3. The van der Waals surface area contributed by atoms with Crippen molar-refractivity contribution in [1.82, 2.24) is 15.2 Å². The van der Waals surface area contributed by atoms with Crippen LogP contribution in [0.15, 0.2) is 34.5 Å². The predicted molar refractivity (Wildman–Crippen MR) is 79.4 cm³/mol. The molecule has 22 heavy (non-hydrogen) atoms. The number of azo groups is 1. The lowest BCUT2D eigenvalue weighted by Gasteiger charge is -1.93. The molecule has 3 N–H and O–H groups in total. The summed E-state index contributed by atoms with van der Waals surface area (Å²) in [6, 6.07) is 7.29. The molecule has 0 bridgehead atoms. The summed E-state index contributed by atoms with van der Waals surface area (Å²) < 4.78 is 0. The maximum absolute atomic E-state index is 12.2. The van der Waals surface area contributed by atoms with E-state index in [-0.39, 0.29) is 11.6 Å². The minimum Gasteiger partial charge on any atom is -0.493 e. The Bertz CT molecular complexity index is 906. The van der Waals surface area contributed by atoms with Crippen LogP contribution in [0.1, 0.15) is 28.2 Å². The van der Waals surface area contributed by atoms with Crippen molar-refractivity contribution in [3.05, 3.63) is 41.2 Å². The number of amides is 1. The molecule has 0 saturated carbocycles. The third-order valence-electron chi connectivity index (χ3n) is 3.91. The summed E-state index contributed by atoms with van der Waals surface area (Å²) >= 11 is 0. The van der Waals surface area contributed by atoms with Crippen LogP contribution < -0.4 is 0 Å². The highest BCUT2D eigenvalue weighted by Crippen LogP contribution is 2.35. The fraction of sp³-hybridized carbons (Fsp3) is 0.200. The molecule has 0 atom stereocenters. The van der Waals surface area contributed by atoms with Crippen LogP contribution in [0.5, 0.6) is 5.88 Å². The van der Waals surface area contributed by atoms with Gasteiger partial charge in [-0.3, -0.25) is 9.89 Å². The minimum atomic E-state index is -0.496. The Morgan fingerprint density at radius 3 is 3.05 bits per heavy atom. The molecule has 0 aliphatic heterocycles. The summed E-state index contributed by atoms with van der Waals surface area (Å²) in [5.74, 6) is -0.603. The molecule has 1 aromatic carbocycles. The van der Waals surface area contributed by atoms with Crippen molar-refractivity contribution in [2.45, 2.75) is 19.3 Å². The number of fused-ring (bicyclic) bond motifs is 2. The first-order valence-electron chi connectivity index (χ1n) is 7.06. The number of rotatable bonds is 2. The summed E-state index contributed by atoms with van der Waals surface area (Å²) in [6.07, 6.45) is 2.76. The molecule has 110 valence electrons. The number of benzene rings is 1. The summed E-state index contributed by atoms with van der Waals surface area (Å²) in [4.78, 5) is 15.0. The van der Waals surface area contributed by atoms with E-state index in [9.17, 15) is 9.90 Å². The van der Waals surface area contributed by atoms with Gasteiger partial charge in [-0.25, -0.2) is 0 Å². The first-order chi connectivity index (χ1) is 10.7. The van der Waals surface area contributed by atoms with E-state index in [0.29, 0.717) is 11.1 Å². The number of para-hydroxylation sites is 1. The summed E-state index contributed by atoms with van der Waals surface area (Å²) in [6.45, 7) is 0. The predicted octanol–water partition coefficient (Wildman–Crippen LogP) is 3.01. The van der Waals surface area contributed by atoms with Gasteiger partial charge in [-0.2, -0.15) is 5.10 Å². The Hall–Kier alpha value is -2.96. The Kier molecular flexibility index (Phi) is 2.78. The van der Waals surface area contributed by atoms with E-state index in [0.717, 1.165) is 36.0 Å². The zero-order valence-electron chi connectivity index (χ0n) is 11.6. The van der Waals surface area contributed by atoms with E-state index in [1.807, 2.05) is 18.2 Å². The molecule has 2 heterocycles. The quantitative estimate of drug-likeness (QED) is 0.632. The smallest absolute Gasteiger partial charge is 0.316 e. The average Bonchev–Trinajstić information content (AvgIpc) is 3.18. The summed E-state index contributed by atoms with van der Waals surface area (Å²) in [5.41, 5.74) is 3.27. The standard InChI is InChI=1S/C15H13N5O2/c21-14-12(8-4-1-2-6-10(8)16-14)19-20-15(22)13-9-5-3-7-11(9)17-18-13/h1-2,4,6,16,21H,3,5,7H2,(H,17,18). The van der Waals surface area contributed by atoms with Gasteiger partial charge in [0.1, 0.15) is 0 Å². The van der Waals surface area contributed by atoms with Crippen LogP contribution in [0.25, 0.3) is 10.9 Å². The summed E-state index contributed by atoms with van der Waals surface area (Å²) in [7, 11) is 0. The number of carbonyl (C=O) groups excluding carboxylic acids is 1. The fourth-order valence-electron chi connectivity index (χ4n) is 2.85. The van der Waals surface area contributed by atoms with Gasteiger partial charge < -0.3 is 10.1 Å². The van der Waals surface area contributed by atoms with Crippen LogP contribution in [0, 0.1) is 0 Å². The van der Waals surface area contributed by atoms with Crippen LogP contribution in [0.4, 0.5) is 5.69 Å². The van der Waals surface area contributed by atoms with Gasteiger partial charge in [0.25, 0.3) is 0 Å². The third kappa shape index (κ3) is 1.90. The van der Waals surface area contributed by atoms with E-state index in [4.69, 9.17) is 0 Å². The van der Waals surface area contributed by atoms with Crippen molar-refractivity contribution in [1.29, 1.82) is 0 Å². The van der Waals surface area contributed by atoms with Crippen LogP contribution in [-0.2, 0) is 12.8 Å². The molecule has 1 amide bonds. The molecule has 2 aromatic heterocycles. The largest absolute Gasteiger partial charge is 0.493 e. The zero-order chi connectivity index (χ0) is 15.1. The number of aromatic amines is 2. The second kappa shape index (κ2) is 4.80. The number of hydrogen-bond donors (Lipinski definition) is 3. The maximum Gasteiger partial charge on any atom is 0.316 e. The molecule has 0 unspecified atom stereocenters. The lowest BCUT2D eigenvalue weighted by atomic mass is 10.2. The first-order valence-corrected chi connectivity index (χ1v) is 7.06. The monoisotopic (exact) mass is 295 g/mol. The molecule has 1 aliphatic rings. The van der Waals surface area contributed by atoms with Crippen molar-refractivity contribution in [3.8, 4) is 5.88 Å². The molecule has 4 rings (SSSR count). The topological polar surface area (TPSA) is 106 Å². The number of aryl methyl sites for hydroxylation is 1. The lowest BCUT2D eigenvalue weighted by molar-refractivity contribution is 0.0989. The molecule has 0 spiro atoms. The van der Waals surface area contributed by atoms with Crippen molar-refractivity contribution >= 4 is 22.5 Å². The van der Waals surface area contributed by atoms with E-state index < -0.39 is 5.91 Å². The van der Waals surface area contributed by atoms with Gasteiger partial charge in [0.15, 0.2) is 11.4 Å². The molecule has 1 aliphatic carbocycles. The van der Waals surface area contributed by atoms with Crippen molar-refractivity contribution < 1.29 is 9.90 Å². The molecule has 0 radical (unpaired) electrons. The molecular weight excluding hydrogens is 282 g/mol. The average molecular weight is 295 g/mol. The van der Waals surface area contributed by atoms with Crippen molar-refractivity contribution in [2.24, 2.45) is 10.2 Å². The summed E-state index contributed by atoms with van der Waals surface area (Å²) in [5, 5.41) is 25.1. The zero-order valence-corrected chi connectivity index (χ0v) is 11.6. The normalized spacial score (nSPS) is 14.0. The minimum absolute atomic E-state index is 0.106. The molecule has 0 fully saturated rings.